The summed E-state index contributed by atoms with van der Waals surface area (Å²) in [6, 6.07) is 13.5. The number of carbonyl (C=O) groups excluding carboxylic acids is 1. The van der Waals surface area contributed by atoms with Crippen molar-refractivity contribution in [2.75, 3.05) is 0 Å². The number of hydrogen-bond donors (Lipinski definition) is 1. The Morgan fingerprint density at radius 1 is 1.07 bits per heavy atom. The maximum atomic E-state index is 12.9. The van der Waals surface area contributed by atoms with Crippen LogP contribution < -0.4 is 5.32 Å². The first-order valence-electron chi connectivity index (χ1n) is 9.41. The van der Waals surface area contributed by atoms with E-state index in [9.17, 15) is 4.79 Å². The molecule has 0 atom stereocenters. The fraction of sp³-hybridized carbons (Fsp3) is 0.304. The molecule has 3 aromatic rings. The quantitative estimate of drug-likeness (QED) is 0.602. The van der Waals surface area contributed by atoms with E-state index in [1.165, 1.54) is 0 Å². The average molecular weight is 396 g/mol. The SMILES string of the molecule is CC(C)c1nccn1-c1cc(C(=O)NC(C)(C)C)cc(-c2ccc(Cl)cc2)c1. The summed E-state index contributed by atoms with van der Waals surface area (Å²) in [5, 5.41) is 3.73. The average Bonchev–Trinajstić information content (AvgIpc) is 3.10. The number of amides is 1. The molecule has 5 heteroatoms. The van der Waals surface area contributed by atoms with Gasteiger partial charge >= 0.3 is 0 Å². The standard InChI is InChI=1S/C23H26ClN3O/c1-15(2)21-25-10-11-27(21)20-13-17(16-6-8-19(24)9-7-16)12-18(14-20)22(28)26-23(3,4)5/h6-15H,1-5H3,(H,26,28). The van der Waals surface area contributed by atoms with Crippen molar-refractivity contribution in [1.82, 2.24) is 14.9 Å². The monoisotopic (exact) mass is 395 g/mol. The van der Waals surface area contributed by atoms with Crippen molar-refractivity contribution in [3.05, 3.63) is 71.3 Å². The Morgan fingerprint density at radius 2 is 1.75 bits per heavy atom. The van der Waals surface area contributed by atoms with Crippen molar-refractivity contribution >= 4 is 17.5 Å². The molecular weight excluding hydrogens is 370 g/mol. The summed E-state index contributed by atoms with van der Waals surface area (Å²) >= 11 is 6.05. The van der Waals surface area contributed by atoms with E-state index < -0.39 is 0 Å². The predicted molar refractivity (Wildman–Crippen MR) is 115 cm³/mol. The second kappa shape index (κ2) is 7.80. The third-order valence-electron chi connectivity index (χ3n) is 4.31. The highest BCUT2D eigenvalue weighted by atomic mass is 35.5. The van der Waals surface area contributed by atoms with E-state index >= 15 is 0 Å². The maximum Gasteiger partial charge on any atom is 0.251 e. The molecule has 0 radical (unpaired) electrons. The second-order valence-corrected chi connectivity index (χ2v) is 8.73. The van der Waals surface area contributed by atoms with Gasteiger partial charge in [-0.15, -0.1) is 0 Å². The van der Waals surface area contributed by atoms with Crippen LogP contribution in [-0.2, 0) is 0 Å². The van der Waals surface area contributed by atoms with Crippen molar-refractivity contribution in [2.24, 2.45) is 0 Å². The van der Waals surface area contributed by atoms with Crippen molar-refractivity contribution in [1.29, 1.82) is 0 Å². The van der Waals surface area contributed by atoms with Crippen molar-refractivity contribution in [3.63, 3.8) is 0 Å². The Kier molecular flexibility index (Phi) is 5.61. The summed E-state index contributed by atoms with van der Waals surface area (Å²) in [6.07, 6.45) is 3.72. The van der Waals surface area contributed by atoms with Crippen molar-refractivity contribution in [3.8, 4) is 16.8 Å². The lowest BCUT2D eigenvalue weighted by molar-refractivity contribution is 0.0919. The minimum Gasteiger partial charge on any atom is -0.347 e. The number of carbonyl (C=O) groups is 1. The third-order valence-corrected chi connectivity index (χ3v) is 4.56. The number of hydrogen-bond acceptors (Lipinski definition) is 2. The summed E-state index contributed by atoms with van der Waals surface area (Å²) < 4.78 is 2.04. The number of nitrogens with one attached hydrogen (secondary N) is 1. The van der Waals surface area contributed by atoms with Crippen LogP contribution in [0.4, 0.5) is 0 Å². The second-order valence-electron chi connectivity index (χ2n) is 8.29. The van der Waals surface area contributed by atoms with E-state index in [-0.39, 0.29) is 17.4 Å². The molecule has 1 aromatic heterocycles. The molecule has 0 saturated heterocycles. The number of aromatic nitrogens is 2. The molecule has 1 N–H and O–H groups in total. The van der Waals surface area contributed by atoms with Gasteiger partial charge in [-0.25, -0.2) is 4.98 Å². The Balaban J connectivity index is 2.15. The molecular formula is C23H26ClN3O. The van der Waals surface area contributed by atoms with Crippen molar-refractivity contribution < 1.29 is 4.79 Å². The van der Waals surface area contributed by atoms with Crippen LogP contribution in [0.1, 0.15) is 56.7 Å². The number of nitrogens with zero attached hydrogens (tertiary/aromatic N) is 2. The Labute approximate surface area is 171 Å². The van der Waals surface area contributed by atoms with Gasteiger partial charge in [0, 0.05) is 40.1 Å². The highest BCUT2D eigenvalue weighted by molar-refractivity contribution is 6.30. The van der Waals surface area contributed by atoms with Gasteiger partial charge in [0.05, 0.1) is 0 Å². The van der Waals surface area contributed by atoms with Gasteiger partial charge < -0.3 is 9.88 Å². The van der Waals surface area contributed by atoms with Crippen LogP contribution in [-0.4, -0.2) is 21.0 Å². The lowest BCUT2D eigenvalue weighted by atomic mass is 10.0. The van der Waals surface area contributed by atoms with Crippen LogP contribution in [0.5, 0.6) is 0 Å². The molecule has 0 unspecified atom stereocenters. The van der Waals surface area contributed by atoms with Gasteiger partial charge in [0.1, 0.15) is 5.82 Å². The highest BCUT2D eigenvalue weighted by Gasteiger charge is 2.18. The van der Waals surface area contributed by atoms with Gasteiger partial charge in [0.25, 0.3) is 5.91 Å². The number of rotatable bonds is 4. The van der Waals surface area contributed by atoms with E-state index in [0.717, 1.165) is 22.6 Å². The summed E-state index contributed by atoms with van der Waals surface area (Å²) in [5.41, 5.74) is 3.17. The summed E-state index contributed by atoms with van der Waals surface area (Å²) in [7, 11) is 0. The number of imidazole rings is 1. The molecule has 3 rings (SSSR count). The van der Waals surface area contributed by atoms with Crippen LogP contribution in [0.2, 0.25) is 5.02 Å². The molecule has 28 heavy (non-hydrogen) atoms. The normalized spacial score (nSPS) is 11.7. The van der Waals surface area contributed by atoms with E-state index in [0.29, 0.717) is 10.6 Å². The zero-order valence-electron chi connectivity index (χ0n) is 17.0. The minimum atomic E-state index is -0.314. The van der Waals surface area contributed by atoms with E-state index in [1.54, 1.807) is 6.20 Å². The van der Waals surface area contributed by atoms with Gasteiger partial charge in [0.2, 0.25) is 0 Å². The first-order chi connectivity index (χ1) is 13.1. The fourth-order valence-electron chi connectivity index (χ4n) is 3.06. The molecule has 0 aliphatic rings. The van der Waals surface area contributed by atoms with Crippen LogP contribution in [0.15, 0.2) is 54.9 Å². The molecule has 0 aliphatic carbocycles. The largest absolute Gasteiger partial charge is 0.347 e. The zero-order valence-corrected chi connectivity index (χ0v) is 17.7. The summed E-state index contributed by atoms with van der Waals surface area (Å²) in [6.45, 7) is 10.1. The molecule has 0 aliphatic heterocycles. The lowest BCUT2D eigenvalue weighted by Gasteiger charge is -2.21. The zero-order chi connectivity index (χ0) is 20.5. The summed E-state index contributed by atoms with van der Waals surface area (Å²) in [4.78, 5) is 17.4. The number of benzene rings is 2. The van der Waals surface area contributed by atoms with E-state index in [4.69, 9.17) is 11.6 Å². The Morgan fingerprint density at radius 3 is 2.36 bits per heavy atom. The first-order valence-corrected chi connectivity index (χ1v) is 9.79. The molecule has 2 aromatic carbocycles. The topological polar surface area (TPSA) is 46.9 Å². The van der Waals surface area contributed by atoms with Crippen molar-refractivity contribution in [2.45, 2.75) is 46.1 Å². The predicted octanol–water partition coefficient (Wildman–Crippen LogP) is 5.84. The van der Waals surface area contributed by atoms with Gasteiger partial charge in [-0.2, -0.15) is 0 Å². The Bertz CT molecular complexity index is 982. The lowest BCUT2D eigenvalue weighted by Crippen LogP contribution is -2.40. The Hall–Kier alpha value is -2.59. The first kappa shape index (κ1) is 20.2. The smallest absolute Gasteiger partial charge is 0.251 e. The molecule has 1 heterocycles. The molecule has 0 saturated carbocycles. The van der Waals surface area contributed by atoms with E-state index in [2.05, 4.69) is 30.2 Å². The van der Waals surface area contributed by atoms with Crippen LogP contribution in [0, 0.1) is 0 Å². The fourth-order valence-corrected chi connectivity index (χ4v) is 3.19. The molecule has 0 bridgehead atoms. The molecule has 1 amide bonds. The molecule has 0 spiro atoms. The van der Waals surface area contributed by atoms with Crippen LogP contribution >= 0.6 is 11.6 Å². The van der Waals surface area contributed by atoms with Gasteiger partial charge in [-0.1, -0.05) is 37.6 Å². The molecule has 0 fully saturated rings. The number of halogens is 1. The van der Waals surface area contributed by atoms with Crippen LogP contribution in [0.25, 0.3) is 16.8 Å². The van der Waals surface area contributed by atoms with Gasteiger partial charge in [0.15, 0.2) is 0 Å². The van der Waals surface area contributed by atoms with Crippen LogP contribution in [0.3, 0.4) is 0 Å². The van der Waals surface area contributed by atoms with E-state index in [1.807, 2.05) is 67.9 Å². The highest BCUT2D eigenvalue weighted by Crippen LogP contribution is 2.27. The third kappa shape index (κ3) is 4.63. The molecule has 146 valence electrons. The van der Waals surface area contributed by atoms with Gasteiger partial charge in [-0.3, -0.25) is 4.79 Å². The molecule has 4 nitrogen and oxygen atoms in total. The summed E-state index contributed by atoms with van der Waals surface area (Å²) in [5.74, 6) is 1.12. The minimum absolute atomic E-state index is 0.101. The maximum absolute atomic E-state index is 12.9. The van der Waals surface area contributed by atoms with Gasteiger partial charge in [-0.05, 0) is 62.2 Å².